The van der Waals surface area contributed by atoms with Crippen LogP contribution in [0.5, 0.6) is 0 Å². The van der Waals surface area contributed by atoms with Crippen LogP contribution in [0.3, 0.4) is 0 Å². The number of nitrogens with zero attached hydrogens (tertiary/aromatic N) is 4. The standard InChI is InChI=1S/C21H19N5OS/c1-2-18-23-24-21(28-18)22-20(27)17-14-26(13-15-9-5-3-6-10-15)25-19(17)16-11-7-4-8-12-16/h3-12,14H,2,13H2,1H3,(H,22,24,27). The number of hydrogen-bond acceptors (Lipinski definition) is 5. The Labute approximate surface area is 166 Å². The van der Waals surface area contributed by atoms with Crippen LogP contribution in [0.1, 0.15) is 27.9 Å². The van der Waals surface area contributed by atoms with Gasteiger partial charge in [0, 0.05) is 11.8 Å². The van der Waals surface area contributed by atoms with Gasteiger partial charge in [-0.1, -0.05) is 78.9 Å². The van der Waals surface area contributed by atoms with Gasteiger partial charge in [0.2, 0.25) is 5.13 Å². The molecule has 0 aliphatic rings. The van der Waals surface area contributed by atoms with Crippen molar-refractivity contribution in [3.8, 4) is 11.3 Å². The molecule has 1 N–H and O–H groups in total. The third-order valence-electron chi connectivity index (χ3n) is 4.23. The number of rotatable bonds is 6. The Morgan fingerprint density at radius 2 is 1.75 bits per heavy atom. The Kier molecular flexibility index (Phi) is 5.25. The average Bonchev–Trinajstić information content (AvgIpc) is 3.36. The van der Waals surface area contributed by atoms with Gasteiger partial charge in [-0.25, -0.2) is 0 Å². The van der Waals surface area contributed by atoms with Crippen molar-refractivity contribution in [2.24, 2.45) is 0 Å². The molecule has 2 aromatic carbocycles. The fourth-order valence-corrected chi connectivity index (χ4v) is 3.53. The van der Waals surface area contributed by atoms with Crippen molar-refractivity contribution < 1.29 is 4.79 Å². The minimum Gasteiger partial charge on any atom is -0.296 e. The highest BCUT2D eigenvalue weighted by Gasteiger charge is 2.19. The van der Waals surface area contributed by atoms with Gasteiger partial charge >= 0.3 is 0 Å². The first-order valence-electron chi connectivity index (χ1n) is 9.03. The maximum absolute atomic E-state index is 12.9. The van der Waals surface area contributed by atoms with Gasteiger partial charge in [0.05, 0.1) is 12.1 Å². The van der Waals surface area contributed by atoms with E-state index in [1.165, 1.54) is 11.3 Å². The second-order valence-corrected chi connectivity index (χ2v) is 7.31. The summed E-state index contributed by atoms with van der Waals surface area (Å²) in [6, 6.07) is 19.8. The summed E-state index contributed by atoms with van der Waals surface area (Å²) in [5, 5.41) is 17.0. The molecule has 28 heavy (non-hydrogen) atoms. The molecule has 0 aliphatic carbocycles. The lowest BCUT2D eigenvalue weighted by Crippen LogP contribution is -2.12. The molecule has 0 spiro atoms. The predicted octanol–water partition coefficient (Wildman–Crippen LogP) is 4.26. The van der Waals surface area contributed by atoms with Gasteiger partial charge in [-0.05, 0) is 12.0 Å². The van der Waals surface area contributed by atoms with Crippen LogP contribution in [-0.2, 0) is 13.0 Å². The van der Waals surface area contributed by atoms with E-state index in [1.807, 2.05) is 67.6 Å². The summed E-state index contributed by atoms with van der Waals surface area (Å²) in [7, 11) is 0. The average molecular weight is 389 g/mol. The molecule has 7 heteroatoms. The second kappa shape index (κ2) is 8.14. The Hall–Kier alpha value is -3.32. The Morgan fingerprint density at radius 1 is 1.04 bits per heavy atom. The van der Waals surface area contributed by atoms with Gasteiger partial charge < -0.3 is 0 Å². The number of amides is 1. The summed E-state index contributed by atoms with van der Waals surface area (Å²) in [6.07, 6.45) is 2.57. The molecular formula is C21H19N5OS. The second-order valence-electron chi connectivity index (χ2n) is 6.25. The molecule has 0 aliphatic heterocycles. The maximum atomic E-state index is 12.9. The molecule has 0 unspecified atom stereocenters. The molecule has 4 aromatic rings. The van der Waals surface area contributed by atoms with Crippen LogP contribution in [-0.4, -0.2) is 25.9 Å². The minimum atomic E-state index is -0.239. The van der Waals surface area contributed by atoms with Crippen molar-refractivity contribution in [2.75, 3.05) is 5.32 Å². The molecule has 0 radical (unpaired) electrons. The Balaban J connectivity index is 1.66. The summed E-state index contributed by atoms with van der Waals surface area (Å²) in [4.78, 5) is 12.9. The Bertz CT molecular complexity index is 1070. The number of benzene rings is 2. The van der Waals surface area contributed by atoms with E-state index in [2.05, 4.69) is 20.6 Å². The summed E-state index contributed by atoms with van der Waals surface area (Å²) in [6.45, 7) is 2.60. The SMILES string of the molecule is CCc1nnc(NC(=O)c2cn(Cc3ccccc3)nc2-c2ccccc2)s1. The lowest BCUT2D eigenvalue weighted by atomic mass is 10.1. The van der Waals surface area contributed by atoms with Crippen LogP contribution in [0.4, 0.5) is 5.13 Å². The van der Waals surface area contributed by atoms with Crippen LogP contribution < -0.4 is 5.32 Å². The molecule has 4 rings (SSSR count). The van der Waals surface area contributed by atoms with Gasteiger partial charge in [-0.15, -0.1) is 10.2 Å². The topological polar surface area (TPSA) is 72.7 Å². The third kappa shape index (κ3) is 3.99. The number of carbonyl (C=O) groups is 1. The maximum Gasteiger partial charge on any atom is 0.261 e. The zero-order valence-electron chi connectivity index (χ0n) is 15.4. The number of carbonyl (C=O) groups excluding carboxylic acids is 1. The van der Waals surface area contributed by atoms with Gasteiger partial charge in [0.1, 0.15) is 10.7 Å². The largest absolute Gasteiger partial charge is 0.296 e. The van der Waals surface area contributed by atoms with Crippen molar-refractivity contribution in [1.29, 1.82) is 0 Å². The molecule has 1 amide bonds. The molecule has 2 heterocycles. The van der Waals surface area contributed by atoms with Gasteiger partial charge in [0.15, 0.2) is 0 Å². The first-order chi connectivity index (χ1) is 13.7. The summed E-state index contributed by atoms with van der Waals surface area (Å²) in [5.74, 6) is -0.239. The van der Waals surface area contributed by atoms with Crippen LogP contribution in [0.2, 0.25) is 0 Å². The van der Waals surface area contributed by atoms with Crippen LogP contribution in [0, 0.1) is 0 Å². The molecule has 140 valence electrons. The number of anilines is 1. The fourth-order valence-electron chi connectivity index (χ4n) is 2.86. The Morgan fingerprint density at radius 3 is 2.43 bits per heavy atom. The summed E-state index contributed by atoms with van der Waals surface area (Å²) in [5.41, 5.74) is 3.17. The van der Waals surface area contributed by atoms with Crippen LogP contribution in [0.15, 0.2) is 66.9 Å². The van der Waals surface area contributed by atoms with E-state index in [1.54, 1.807) is 10.9 Å². The van der Waals surface area contributed by atoms with Crippen molar-refractivity contribution in [3.63, 3.8) is 0 Å². The summed E-state index contributed by atoms with van der Waals surface area (Å²) >= 11 is 1.39. The normalized spacial score (nSPS) is 10.8. The van der Waals surface area contributed by atoms with E-state index >= 15 is 0 Å². The smallest absolute Gasteiger partial charge is 0.261 e. The van der Waals surface area contributed by atoms with E-state index in [9.17, 15) is 4.79 Å². The molecule has 0 saturated carbocycles. The lowest BCUT2D eigenvalue weighted by Gasteiger charge is -2.02. The van der Waals surface area contributed by atoms with Gasteiger partial charge in [0.25, 0.3) is 5.91 Å². The molecule has 0 bridgehead atoms. The number of aryl methyl sites for hydroxylation is 1. The van der Waals surface area contributed by atoms with Crippen molar-refractivity contribution in [3.05, 3.63) is 83.0 Å². The molecule has 2 aromatic heterocycles. The highest BCUT2D eigenvalue weighted by atomic mass is 32.1. The van der Waals surface area contributed by atoms with Crippen molar-refractivity contribution in [1.82, 2.24) is 20.0 Å². The van der Waals surface area contributed by atoms with Crippen molar-refractivity contribution in [2.45, 2.75) is 19.9 Å². The number of aromatic nitrogens is 4. The van der Waals surface area contributed by atoms with Crippen LogP contribution in [0.25, 0.3) is 11.3 Å². The molecule has 0 atom stereocenters. The van der Waals surface area contributed by atoms with E-state index in [-0.39, 0.29) is 5.91 Å². The van der Waals surface area contributed by atoms with Gasteiger partial charge in [-0.2, -0.15) is 5.10 Å². The number of hydrogen-bond donors (Lipinski definition) is 1. The van der Waals surface area contributed by atoms with E-state index in [4.69, 9.17) is 0 Å². The molecule has 6 nitrogen and oxygen atoms in total. The zero-order chi connectivity index (χ0) is 19.3. The van der Waals surface area contributed by atoms with E-state index < -0.39 is 0 Å². The first kappa shape index (κ1) is 18.1. The molecular weight excluding hydrogens is 370 g/mol. The third-order valence-corrected chi connectivity index (χ3v) is 5.21. The lowest BCUT2D eigenvalue weighted by molar-refractivity contribution is 0.102. The van der Waals surface area contributed by atoms with Crippen molar-refractivity contribution >= 4 is 22.4 Å². The highest BCUT2D eigenvalue weighted by molar-refractivity contribution is 7.15. The molecule has 0 fully saturated rings. The highest BCUT2D eigenvalue weighted by Crippen LogP contribution is 2.24. The van der Waals surface area contributed by atoms with Crippen LogP contribution >= 0.6 is 11.3 Å². The van der Waals surface area contributed by atoms with Gasteiger partial charge in [-0.3, -0.25) is 14.8 Å². The fraction of sp³-hybridized carbons (Fsp3) is 0.143. The zero-order valence-corrected chi connectivity index (χ0v) is 16.2. The minimum absolute atomic E-state index is 0.239. The predicted molar refractivity (Wildman–Crippen MR) is 110 cm³/mol. The quantitative estimate of drug-likeness (QED) is 0.535. The first-order valence-corrected chi connectivity index (χ1v) is 9.85. The van der Waals surface area contributed by atoms with E-state index in [0.717, 1.165) is 22.6 Å². The summed E-state index contributed by atoms with van der Waals surface area (Å²) < 4.78 is 1.80. The van der Waals surface area contributed by atoms with E-state index in [0.29, 0.717) is 22.9 Å². The molecule has 0 saturated heterocycles. The monoisotopic (exact) mass is 389 g/mol. The number of nitrogens with one attached hydrogen (secondary N) is 1.